The fraction of sp³-hybridized carbons (Fsp3) is 1.00. The Labute approximate surface area is 141 Å². The molecular weight excluding hydrogens is 426 g/mol. The van der Waals surface area contributed by atoms with Gasteiger partial charge in [-0.2, -0.15) is 48.3 Å². The lowest BCUT2D eigenvalue weighted by Crippen LogP contribution is -2.68. The van der Waals surface area contributed by atoms with E-state index in [2.05, 4.69) is 4.74 Å². The lowest BCUT2D eigenvalue weighted by molar-refractivity contribution is -0.489. The first-order valence-electron chi connectivity index (χ1n) is 6.97. The molecule has 27 heavy (non-hydrogen) atoms. The second-order valence-corrected chi connectivity index (χ2v) is 5.83. The molecule has 2 atom stereocenters. The van der Waals surface area contributed by atoms with Crippen LogP contribution in [-0.2, 0) is 4.74 Å². The second-order valence-electron chi connectivity index (χ2n) is 5.83. The van der Waals surface area contributed by atoms with Gasteiger partial charge >= 0.3 is 36.0 Å². The number of hydrogen-bond acceptors (Lipinski definition) is 1. The fourth-order valence-electron chi connectivity index (χ4n) is 2.44. The minimum atomic E-state index is -7.87. The first kappa shape index (κ1) is 24.0. The molecule has 1 rings (SSSR count). The van der Waals surface area contributed by atoms with E-state index in [1.54, 1.807) is 0 Å². The van der Waals surface area contributed by atoms with Crippen LogP contribution >= 0.6 is 0 Å². The zero-order valence-corrected chi connectivity index (χ0v) is 12.9. The normalized spacial score (nSPS) is 27.9. The van der Waals surface area contributed by atoms with Gasteiger partial charge in [0.15, 0.2) is 0 Å². The zero-order chi connectivity index (χ0) is 21.9. The Kier molecular flexibility index (Phi) is 5.55. The molecule has 0 saturated heterocycles. The summed E-state index contributed by atoms with van der Waals surface area (Å²) in [6.07, 6.45) is -17.8. The first-order valence-corrected chi connectivity index (χ1v) is 6.97. The molecule has 1 aliphatic carbocycles. The fourth-order valence-corrected chi connectivity index (χ4v) is 2.44. The zero-order valence-electron chi connectivity index (χ0n) is 12.9. The smallest absolute Gasteiger partial charge is 0.272 e. The van der Waals surface area contributed by atoms with Gasteiger partial charge in [-0.3, -0.25) is 4.74 Å². The Morgan fingerprint density at radius 2 is 1.22 bits per heavy atom. The van der Waals surface area contributed by atoms with Gasteiger partial charge in [0.1, 0.15) is 0 Å². The van der Waals surface area contributed by atoms with Gasteiger partial charge in [-0.05, 0) is 12.8 Å². The molecule has 0 radical (unpaired) electrons. The van der Waals surface area contributed by atoms with Gasteiger partial charge in [-0.25, -0.2) is 13.2 Å². The third-order valence-corrected chi connectivity index (χ3v) is 4.11. The van der Waals surface area contributed by atoms with E-state index >= 15 is 0 Å². The van der Waals surface area contributed by atoms with Crippen molar-refractivity contribution in [3.05, 3.63) is 0 Å². The Bertz CT molecular complexity index is 553. The van der Waals surface area contributed by atoms with Crippen LogP contribution in [0.2, 0.25) is 0 Å². The average molecular weight is 436 g/mol. The molecule has 0 aromatic heterocycles. The van der Waals surface area contributed by atoms with E-state index in [0.29, 0.717) is 0 Å². The Morgan fingerprint density at radius 1 is 0.778 bits per heavy atom. The van der Waals surface area contributed by atoms with E-state index in [1.807, 2.05) is 0 Å². The standard InChI is InChI=1S/C12H10F14O/c1-2-5-3-4-6(13,14)7(5,15)27-12(25,26)10(20,21)8(16,17)9(18,19)11(22,23)24/h5H,2-4H2,1H3. The van der Waals surface area contributed by atoms with Gasteiger partial charge in [0.2, 0.25) is 0 Å². The van der Waals surface area contributed by atoms with Crippen molar-refractivity contribution in [1.82, 2.24) is 0 Å². The van der Waals surface area contributed by atoms with E-state index in [0.717, 1.165) is 6.92 Å². The highest BCUT2D eigenvalue weighted by molar-refractivity contribution is 5.06. The monoisotopic (exact) mass is 436 g/mol. The highest BCUT2D eigenvalue weighted by atomic mass is 19.4. The van der Waals surface area contributed by atoms with Crippen molar-refractivity contribution in [3.8, 4) is 0 Å². The molecule has 162 valence electrons. The SMILES string of the molecule is CCC1CCC(F)(F)C1(F)OC(F)(F)C(F)(F)C(F)(F)C(F)(F)C(F)(F)F. The average Bonchev–Trinajstić information content (AvgIpc) is 2.66. The summed E-state index contributed by atoms with van der Waals surface area (Å²) in [6, 6.07) is 0. The van der Waals surface area contributed by atoms with E-state index in [1.165, 1.54) is 0 Å². The van der Waals surface area contributed by atoms with Gasteiger partial charge in [0, 0.05) is 12.3 Å². The van der Waals surface area contributed by atoms with E-state index < -0.39 is 67.0 Å². The highest BCUT2D eigenvalue weighted by Gasteiger charge is 2.89. The van der Waals surface area contributed by atoms with Gasteiger partial charge in [0.25, 0.3) is 5.85 Å². The van der Waals surface area contributed by atoms with Gasteiger partial charge in [-0.1, -0.05) is 6.92 Å². The Hall–Kier alpha value is -1.02. The van der Waals surface area contributed by atoms with E-state index in [-0.39, 0.29) is 0 Å². The number of rotatable bonds is 6. The summed E-state index contributed by atoms with van der Waals surface area (Å²) >= 11 is 0. The Morgan fingerprint density at radius 3 is 1.59 bits per heavy atom. The van der Waals surface area contributed by atoms with Crippen molar-refractivity contribution in [2.75, 3.05) is 0 Å². The lowest BCUT2D eigenvalue weighted by Gasteiger charge is -2.40. The molecule has 0 N–H and O–H groups in total. The van der Waals surface area contributed by atoms with Crippen LogP contribution in [0.25, 0.3) is 0 Å². The van der Waals surface area contributed by atoms with Crippen LogP contribution in [0.3, 0.4) is 0 Å². The predicted molar refractivity (Wildman–Crippen MR) is 58.7 cm³/mol. The molecule has 0 spiro atoms. The van der Waals surface area contributed by atoms with Crippen LogP contribution in [0.5, 0.6) is 0 Å². The third kappa shape index (κ3) is 3.22. The molecule has 1 fully saturated rings. The summed E-state index contributed by atoms with van der Waals surface area (Å²) in [5, 5.41) is 0. The van der Waals surface area contributed by atoms with Crippen molar-refractivity contribution in [1.29, 1.82) is 0 Å². The molecule has 2 unspecified atom stereocenters. The molecule has 0 bridgehead atoms. The molecule has 1 saturated carbocycles. The maximum Gasteiger partial charge on any atom is 0.460 e. The highest BCUT2D eigenvalue weighted by Crippen LogP contribution is 2.61. The summed E-state index contributed by atoms with van der Waals surface area (Å²) in [5.74, 6) is -35.5. The molecule has 0 aliphatic heterocycles. The number of halogens is 14. The quantitative estimate of drug-likeness (QED) is 0.452. The molecule has 0 amide bonds. The van der Waals surface area contributed by atoms with Crippen molar-refractivity contribution in [2.24, 2.45) is 5.92 Å². The van der Waals surface area contributed by atoms with Crippen LogP contribution in [0, 0.1) is 5.92 Å². The summed E-state index contributed by atoms with van der Waals surface area (Å²) in [4.78, 5) is 0. The molecule has 0 aromatic carbocycles. The van der Waals surface area contributed by atoms with Gasteiger partial charge < -0.3 is 0 Å². The van der Waals surface area contributed by atoms with Gasteiger partial charge in [-0.15, -0.1) is 0 Å². The molecule has 1 aliphatic rings. The van der Waals surface area contributed by atoms with E-state index in [9.17, 15) is 61.5 Å². The number of hydrogen-bond donors (Lipinski definition) is 0. The molecule has 0 aromatic rings. The number of alkyl halides is 14. The van der Waals surface area contributed by atoms with Crippen LogP contribution in [0.15, 0.2) is 0 Å². The lowest BCUT2D eigenvalue weighted by atomic mass is 9.98. The summed E-state index contributed by atoms with van der Waals surface area (Å²) in [7, 11) is 0. The first-order chi connectivity index (χ1) is 11.6. The van der Waals surface area contributed by atoms with Crippen LogP contribution in [0.1, 0.15) is 26.2 Å². The topological polar surface area (TPSA) is 9.23 Å². The van der Waals surface area contributed by atoms with Crippen LogP contribution in [0.4, 0.5) is 61.5 Å². The third-order valence-electron chi connectivity index (χ3n) is 4.11. The summed E-state index contributed by atoms with van der Waals surface area (Å²) in [5.41, 5.74) is 0. The molecular formula is C12H10F14O. The Balaban J connectivity index is 3.40. The summed E-state index contributed by atoms with van der Waals surface area (Å²) < 4.78 is 184. The molecule has 1 nitrogen and oxygen atoms in total. The van der Waals surface area contributed by atoms with Gasteiger partial charge in [0.05, 0.1) is 0 Å². The molecule has 0 heterocycles. The molecule has 15 heteroatoms. The maximum atomic E-state index is 14.3. The largest absolute Gasteiger partial charge is 0.460 e. The van der Waals surface area contributed by atoms with Crippen molar-refractivity contribution < 1.29 is 66.2 Å². The van der Waals surface area contributed by atoms with Crippen molar-refractivity contribution in [3.63, 3.8) is 0 Å². The minimum absolute atomic E-state index is 0.747. The maximum absolute atomic E-state index is 14.3. The van der Waals surface area contributed by atoms with Crippen LogP contribution < -0.4 is 0 Å². The predicted octanol–water partition coefficient (Wildman–Crippen LogP) is 6.19. The van der Waals surface area contributed by atoms with Crippen LogP contribution in [-0.4, -0.2) is 41.8 Å². The van der Waals surface area contributed by atoms with E-state index in [4.69, 9.17) is 0 Å². The van der Waals surface area contributed by atoms with Crippen molar-refractivity contribution >= 4 is 0 Å². The second kappa shape index (κ2) is 6.24. The van der Waals surface area contributed by atoms with Crippen molar-refractivity contribution in [2.45, 2.75) is 68.0 Å². The summed E-state index contributed by atoms with van der Waals surface area (Å²) in [6.45, 7) is 0.909. The minimum Gasteiger partial charge on any atom is -0.272 e. The number of ether oxygens (including phenoxy) is 1.